The molecule has 1 aliphatic carbocycles. The van der Waals surface area contributed by atoms with Gasteiger partial charge >= 0.3 is 0 Å². The highest BCUT2D eigenvalue weighted by molar-refractivity contribution is 5.97. The molecule has 0 bridgehead atoms. The topological polar surface area (TPSA) is 69.7 Å². The molecule has 1 aliphatic heterocycles. The highest BCUT2D eigenvalue weighted by atomic mass is 16.2. The number of Topliss-reactive ketones (excluding diaryl/α,β-unsaturated/α-hetero) is 1. The first-order valence-electron chi connectivity index (χ1n) is 9.83. The largest absolute Gasteiger partial charge is 0.340 e. The summed E-state index contributed by atoms with van der Waals surface area (Å²) in [6.45, 7) is 5.00. The molecule has 0 aromatic heterocycles. The third-order valence-corrected chi connectivity index (χ3v) is 5.80. The molecule has 0 spiro atoms. The molecule has 0 radical (unpaired) electrons. The van der Waals surface area contributed by atoms with Gasteiger partial charge < -0.3 is 15.1 Å². The molecule has 146 valence electrons. The summed E-state index contributed by atoms with van der Waals surface area (Å²) in [4.78, 5) is 41.0. The van der Waals surface area contributed by atoms with Crippen LogP contribution in [0.15, 0.2) is 24.3 Å². The van der Waals surface area contributed by atoms with Crippen molar-refractivity contribution in [2.75, 3.05) is 38.5 Å². The molecule has 1 heterocycles. The van der Waals surface area contributed by atoms with Crippen molar-refractivity contribution in [1.82, 2.24) is 9.80 Å². The minimum absolute atomic E-state index is 0.0128. The molecule has 2 fully saturated rings. The van der Waals surface area contributed by atoms with Gasteiger partial charge in [-0.05, 0) is 51.8 Å². The Hall–Kier alpha value is -2.21. The van der Waals surface area contributed by atoms with Crippen molar-refractivity contribution in [3.05, 3.63) is 29.8 Å². The Balaban J connectivity index is 1.50. The van der Waals surface area contributed by atoms with Crippen LogP contribution in [-0.2, 0) is 9.59 Å². The van der Waals surface area contributed by atoms with E-state index < -0.39 is 0 Å². The lowest BCUT2D eigenvalue weighted by Gasteiger charge is -2.36. The Morgan fingerprint density at radius 2 is 1.59 bits per heavy atom. The molecule has 27 heavy (non-hydrogen) atoms. The molecule has 1 N–H and O–H groups in total. The number of ketones is 1. The van der Waals surface area contributed by atoms with Crippen molar-refractivity contribution in [2.45, 2.75) is 32.6 Å². The number of carbonyl (C=O) groups excluding carboxylic acids is 3. The zero-order valence-corrected chi connectivity index (χ0v) is 16.2. The predicted molar refractivity (Wildman–Crippen MR) is 105 cm³/mol. The number of anilines is 1. The van der Waals surface area contributed by atoms with Gasteiger partial charge in [0.2, 0.25) is 11.8 Å². The van der Waals surface area contributed by atoms with Gasteiger partial charge in [0.25, 0.3) is 0 Å². The lowest BCUT2D eigenvalue weighted by molar-refractivity contribution is -0.139. The molecule has 1 saturated heterocycles. The Morgan fingerprint density at radius 1 is 0.963 bits per heavy atom. The van der Waals surface area contributed by atoms with Crippen molar-refractivity contribution in [1.29, 1.82) is 0 Å². The molecular formula is C21H29N3O3. The van der Waals surface area contributed by atoms with Gasteiger partial charge in [-0.15, -0.1) is 0 Å². The van der Waals surface area contributed by atoms with Crippen LogP contribution in [0.3, 0.4) is 0 Å². The average Bonchev–Trinajstić information content (AvgIpc) is 2.68. The monoisotopic (exact) mass is 371 g/mol. The zero-order chi connectivity index (χ0) is 19.4. The number of hydrogen-bond acceptors (Lipinski definition) is 4. The summed E-state index contributed by atoms with van der Waals surface area (Å²) >= 11 is 0. The van der Waals surface area contributed by atoms with Crippen molar-refractivity contribution < 1.29 is 14.4 Å². The molecule has 2 amide bonds. The summed E-state index contributed by atoms with van der Waals surface area (Å²) in [5.74, 6) is 0.215. The predicted octanol–water partition coefficient (Wildman–Crippen LogP) is 2.41. The second kappa shape index (κ2) is 8.65. The average molecular weight is 371 g/mol. The number of likely N-dealkylation sites (N-methyl/N-ethyl adjacent to an activating group) is 1. The SMILES string of the molecule is CC(=O)c1cccc(NC(=O)C2CCC(C(=O)N3CCN(C)CC3)CC2)c1. The van der Waals surface area contributed by atoms with E-state index in [0.29, 0.717) is 11.3 Å². The van der Waals surface area contributed by atoms with Gasteiger partial charge in [0.05, 0.1) is 0 Å². The zero-order valence-electron chi connectivity index (χ0n) is 16.2. The fourth-order valence-corrected chi connectivity index (χ4v) is 3.95. The molecule has 1 aromatic rings. The van der Waals surface area contributed by atoms with Crippen LogP contribution in [-0.4, -0.2) is 60.6 Å². The maximum absolute atomic E-state index is 12.7. The molecule has 1 aromatic carbocycles. The van der Waals surface area contributed by atoms with E-state index in [1.165, 1.54) is 6.92 Å². The molecule has 2 aliphatic rings. The van der Waals surface area contributed by atoms with E-state index in [1.807, 2.05) is 4.90 Å². The second-order valence-corrected chi connectivity index (χ2v) is 7.80. The van der Waals surface area contributed by atoms with Gasteiger partial charge in [-0.1, -0.05) is 12.1 Å². The number of nitrogens with zero attached hydrogens (tertiary/aromatic N) is 2. The third-order valence-electron chi connectivity index (χ3n) is 5.80. The lowest BCUT2D eigenvalue weighted by Crippen LogP contribution is -2.49. The summed E-state index contributed by atoms with van der Waals surface area (Å²) in [5, 5.41) is 2.93. The molecule has 6 nitrogen and oxygen atoms in total. The van der Waals surface area contributed by atoms with Crippen LogP contribution in [0.25, 0.3) is 0 Å². The summed E-state index contributed by atoms with van der Waals surface area (Å²) in [5.41, 5.74) is 1.25. The Morgan fingerprint density at radius 3 is 2.22 bits per heavy atom. The Kier molecular flexibility index (Phi) is 6.26. The molecular weight excluding hydrogens is 342 g/mol. The van der Waals surface area contributed by atoms with E-state index in [1.54, 1.807) is 24.3 Å². The summed E-state index contributed by atoms with van der Waals surface area (Å²) < 4.78 is 0. The number of nitrogens with one attached hydrogen (secondary N) is 1. The van der Waals surface area contributed by atoms with Crippen molar-refractivity contribution in [3.63, 3.8) is 0 Å². The van der Waals surface area contributed by atoms with Crippen LogP contribution in [0.2, 0.25) is 0 Å². The first-order chi connectivity index (χ1) is 12.9. The van der Waals surface area contributed by atoms with Crippen molar-refractivity contribution in [2.24, 2.45) is 11.8 Å². The van der Waals surface area contributed by atoms with Gasteiger partial charge in [-0.2, -0.15) is 0 Å². The highest BCUT2D eigenvalue weighted by Crippen LogP contribution is 2.31. The van der Waals surface area contributed by atoms with Crippen LogP contribution < -0.4 is 5.32 Å². The number of benzene rings is 1. The van der Waals surface area contributed by atoms with Crippen molar-refractivity contribution in [3.8, 4) is 0 Å². The Labute approximate surface area is 160 Å². The number of hydrogen-bond donors (Lipinski definition) is 1. The second-order valence-electron chi connectivity index (χ2n) is 7.80. The van der Waals surface area contributed by atoms with Crippen LogP contribution >= 0.6 is 0 Å². The summed E-state index contributed by atoms with van der Waals surface area (Å²) in [6, 6.07) is 7.03. The van der Waals surface area contributed by atoms with E-state index in [2.05, 4.69) is 17.3 Å². The first-order valence-corrected chi connectivity index (χ1v) is 9.83. The van der Waals surface area contributed by atoms with Crippen LogP contribution in [0, 0.1) is 11.8 Å². The lowest BCUT2D eigenvalue weighted by atomic mass is 9.80. The maximum Gasteiger partial charge on any atom is 0.227 e. The van der Waals surface area contributed by atoms with Gasteiger partial charge in [0, 0.05) is 49.3 Å². The van der Waals surface area contributed by atoms with E-state index in [0.717, 1.165) is 51.9 Å². The minimum atomic E-state index is -0.0671. The normalized spacial score (nSPS) is 23.7. The van der Waals surface area contributed by atoms with Gasteiger partial charge in [-0.3, -0.25) is 14.4 Å². The van der Waals surface area contributed by atoms with E-state index in [4.69, 9.17) is 0 Å². The first kappa shape index (κ1) is 19.5. The minimum Gasteiger partial charge on any atom is -0.340 e. The number of rotatable bonds is 4. The maximum atomic E-state index is 12.7. The molecule has 3 rings (SSSR count). The molecule has 0 unspecified atom stereocenters. The van der Waals surface area contributed by atoms with Crippen molar-refractivity contribution >= 4 is 23.3 Å². The quantitative estimate of drug-likeness (QED) is 0.825. The summed E-state index contributed by atoms with van der Waals surface area (Å²) in [6.07, 6.45) is 3.03. The van der Waals surface area contributed by atoms with E-state index in [9.17, 15) is 14.4 Å². The standard InChI is InChI=1S/C21H29N3O3/c1-15(25)18-4-3-5-19(14-18)22-20(26)16-6-8-17(9-7-16)21(27)24-12-10-23(2)11-13-24/h3-5,14,16-17H,6-13H2,1-2H3,(H,22,26). The van der Waals surface area contributed by atoms with Gasteiger partial charge in [0.15, 0.2) is 5.78 Å². The molecule has 6 heteroatoms. The summed E-state index contributed by atoms with van der Waals surface area (Å²) in [7, 11) is 2.08. The van der Waals surface area contributed by atoms with Crippen LogP contribution in [0.1, 0.15) is 43.0 Å². The van der Waals surface area contributed by atoms with E-state index >= 15 is 0 Å². The smallest absolute Gasteiger partial charge is 0.227 e. The van der Waals surface area contributed by atoms with Crippen LogP contribution in [0.4, 0.5) is 5.69 Å². The Bertz CT molecular complexity index is 702. The van der Waals surface area contributed by atoms with Gasteiger partial charge in [0.1, 0.15) is 0 Å². The fraction of sp³-hybridized carbons (Fsp3) is 0.571. The molecule has 0 atom stereocenters. The number of carbonyl (C=O) groups is 3. The fourth-order valence-electron chi connectivity index (χ4n) is 3.95. The van der Waals surface area contributed by atoms with Gasteiger partial charge in [-0.25, -0.2) is 0 Å². The van der Waals surface area contributed by atoms with Crippen LogP contribution in [0.5, 0.6) is 0 Å². The highest BCUT2D eigenvalue weighted by Gasteiger charge is 2.33. The number of piperazine rings is 1. The third kappa shape index (κ3) is 4.95. The molecule has 1 saturated carbocycles. The van der Waals surface area contributed by atoms with E-state index in [-0.39, 0.29) is 29.4 Å². The number of amides is 2.